The van der Waals surface area contributed by atoms with Crippen LogP contribution in [-0.4, -0.2) is 37.8 Å². The highest BCUT2D eigenvalue weighted by atomic mass is 32.2. The van der Waals surface area contributed by atoms with E-state index in [4.69, 9.17) is 0 Å². The van der Waals surface area contributed by atoms with Crippen LogP contribution in [0.2, 0.25) is 0 Å². The van der Waals surface area contributed by atoms with Gasteiger partial charge in [-0.05, 0) is 62.1 Å². The van der Waals surface area contributed by atoms with Crippen LogP contribution in [0.5, 0.6) is 0 Å². The number of hydrogen-bond donors (Lipinski definition) is 1. The van der Waals surface area contributed by atoms with Crippen molar-refractivity contribution in [3.05, 3.63) is 29.8 Å². The zero-order chi connectivity index (χ0) is 17.4. The Morgan fingerprint density at radius 3 is 2.56 bits per heavy atom. The van der Waals surface area contributed by atoms with Crippen LogP contribution in [-0.2, 0) is 10.0 Å². The summed E-state index contributed by atoms with van der Waals surface area (Å²) in [4.78, 5) is 12.8. The van der Waals surface area contributed by atoms with E-state index < -0.39 is 10.0 Å². The molecule has 0 unspecified atom stereocenters. The van der Waals surface area contributed by atoms with Crippen molar-refractivity contribution in [2.24, 2.45) is 11.8 Å². The van der Waals surface area contributed by atoms with Crippen LogP contribution in [0.1, 0.15) is 55.3 Å². The summed E-state index contributed by atoms with van der Waals surface area (Å²) < 4.78 is 27.2. The first-order valence-electron chi connectivity index (χ1n) is 9.45. The molecule has 3 fully saturated rings. The van der Waals surface area contributed by atoms with E-state index in [1.54, 1.807) is 22.5 Å². The molecule has 5 nitrogen and oxygen atoms in total. The average molecular weight is 362 g/mol. The summed E-state index contributed by atoms with van der Waals surface area (Å²) >= 11 is 0. The Hall–Kier alpha value is -1.40. The molecule has 1 saturated heterocycles. The third kappa shape index (κ3) is 3.34. The molecule has 1 aromatic carbocycles. The van der Waals surface area contributed by atoms with Gasteiger partial charge in [0.2, 0.25) is 10.0 Å². The number of nitrogens with zero attached hydrogens (tertiary/aromatic N) is 1. The van der Waals surface area contributed by atoms with Crippen molar-refractivity contribution in [3.8, 4) is 0 Å². The van der Waals surface area contributed by atoms with E-state index in [-0.39, 0.29) is 16.8 Å². The monoisotopic (exact) mass is 362 g/mol. The fourth-order valence-electron chi connectivity index (χ4n) is 4.73. The molecule has 0 radical (unpaired) electrons. The quantitative estimate of drug-likeness (QED) is 0.896. The molecule has 1 heterocycles. The fourth-order valence-corrected chi connectivity index (χ4v) is 6.29. The van der Waals surface area contributed by atoms with Crippen LogP contribution in [0.4, 0.5) is 0 Å². The van der Waals surface area contributed by atoms with Gasteiger partial charge < -0.3 is 5.32 Å². The lowest BCUT2D eigenvalue weighted by atomic mass is 9.95. The summed E-state index contributed by atoms with van der Waals surface area (Å²) in [6.45, 7) is 1.15. The van der Waals surface area contributed by atoms with Gasteiger partial charge in [-0.25, -0.2) is 8.42 Å². The van der Waals surface area contributed by atoms with Crippen LogP contribution < -0.4 is 5.32 Å². The molecule has 2 saturated carbocycles. The maximum atomic E-state index is 12.8. The summed E-state index contributed by atoms with van der Waals surface area (Å²) in [7, 11) is -3.50. The Morgan fingerprint density at radius 1 is 1.08 bits per heavy atom. The Morgan fingerprint density at radius 2 is 1.88 bits per heavy atom. The number of piperidine rings is 1. The molecule has 2 bridgehead atoms. The molecule has 0 aromatic heterocycles. The molecule has 2 aliphatic carbocycles. The first kappa shape index (κ1) is 17.0. The molecule has 1 amide bonds. The van der Waals surface area contributed by atoms with Crippen LogP contribution in [0.15, 0.2) is 29.2 Å². The van der Waals surface area contributed by atoms with E-state index in [1.165, 1.54) is 25.3 Å². The molecular weight excluding hydrogens is 336 g/mol. The van der Waals surface area contributed by atoms with Gasteiger partial charge in [0.1, 0.15) is 0 Å². The average Bonchev–Trinajstić information content (AvgIpc) is 3.25. The normalized spacial score (nSPS) is 29.7. The number of rotatable bonds is 4. The van der Waals surface area contributed by atoms with Gasteiger partial charge in [0, 0.05) is 24.7 Å². The smallest absolute Gasteiger partial charge is 0.251 e. The van der Waals surface area contributed by atoms with Gasteiger partial charge in [0.15, 0.2) is 0 Å². The fraction of sp³-hybridized carbons (Fsp3) is 0.632. The summed E-state index contributed by atoms with van der Waals surface area (Å²) in [5, 5.41) is 3.14. The topological polar surface area (TPSA) is 66.5 Å². The highest BCUT2D eigenvalue weighted by Gasteiger charge is 2.40. The number of nitrogens with one attached hydrogen (secondary N) is 1. The Bertz CT molecular complexity index is 756. The van der Waals surface area contributed by atoms with Gasteiger partial charge in [-0.2, -0.15) is 4.31 Å². The van der Waals surface area contributed by atoms with E-state index in [1.807, 2.05) is 0 Å². The van der Waals surface area contributed by atoms with Crippen molar-refractivity contribution in [1.29, 1.82) is 0 Å². The first-order chi connectivity index (χ1) is 12.0. The number of hydrogen-bond acceptors (Lipinski definition) is 3. The highest BCUT2D eigenvalue weighted by molar-refractivity contribution is 7.89. The summed E-state index contributed by atoms with van der Waals surface area (Å²) in [6.07, 6.45) is 7.70. The number of amides is 1. The Labute approximate surface area is 149 Å². The lowest BCUT2D eigenvalue weighted by Gasteiger charge is -2.26. The second-order valence-electron chi connectivity index (χ2n) is 7.75. The minimum atomic E-state index is -3.50. The highest BCUT2D eigenvalue weighted by Crippen LogP contribution is 2.44. The van der Waals surface area contributed by atoms with Crippen molar-refractivity contribution >= 4 is 15.9 Å². The number of fused-ring (bicyclic) bond motifs is 2. The van der Waals surface area contributed by atoms with Gasteiger partial charge >= 0.3 is 0 Å². The molecule has 4 rings (SSSR count). The predicted molar refractivity (Wildman–Crippen MR) is 95.8 cm³/mol. The van der Waals surface area contributed by atoms with Gasteiger partial charge in [-0.3, -0.25) is 4.79 Å². The van der Waals surface area contributed by atoms with Gasteiger partial charge in [-0.1, -0.05) is 18.9 Å². The minimum Gasteiger partial charge on any atom is -0.349 e. The zero-order valence-corrected chi connectivity index (χ0v) is 15.3. The summed E-state index contributed by atoms with van der Waals surface area (Å²) in [5.41, 5.74) is 0.445. The lowest BCUT2D eigenvalue weighted by Crippen LogP contribution is -2.38. The summed E-state index contributed by atoms with van der Waals surface area (Å²) in [5.74, 6) is 1.23. The van der Waals surface area contributed by atoms with E-state index in [9.17, 15) is 13.2 Å². The minimum absolute atomic E-state index is 0.145. The summed E-state index contributed by atoms with van der Waals surface area (Å²) in [6, 6.07) is 6.77. The number of sulfonamides is 1. The third-order valence-corrected chi connectivity index (χ3v) is 8.00. The number of carbonyl (C=O) groups excluding carboxylic acids is 1. The molecule has 0 spiro atoms. The van der Waals surface area contributed by atoms with Crippen molar-refractivity contribution in [2.45, 2.75) is 55.9 Å². The van der Waals surface area contributed by atoms with E-state index in [2.05, 4.69) is 5.32 Å². The largest absolute Gasteiger partial charge is 0.349 e. The van der Waals surface area contributed by atoms with Crippen LogP contribution in [0, 0.1) is 11.8 Å². The number of carbonyl (C=O) groups is 1. The van der Waals surface area contributed by atoms with Crippen LogP contribution in [0.25, 0.3) is 0 Å². The standard InChI is InChI=1S/C19H26N2O3S/c22-19(20-18-12-14-7-8-15(18)11-14)16-5-4-6-17(13-16)25(23,24)21-9-2-1-3-10-21/h4-6,13-15,18H,1-3,7-12H2,(H,20,22)/t14-,15-,18-/m0/s1. The molecule has 1 aliphatic heterocycles. The second-order valence-corrected chi connectivity index (χ2v) is 9.69. The molecule has 25 heavy (non-hydrogen) atoms. The van der Waals surface area contributed by atoms with Crippen molar-refractivity contribution in [2.75, 3.05) is 13.1 Å². The first-order valence-corrected chi connectivity index (χ1v) is 10.9. The second kappa shape index (κ2) is 6.72. The lowest BCUT2D eigenvalue weighted by molar-refractivity contribution is 0.0922. The molecule has 6 heteroatoms. The predicted octanol–water partition coefficient (Wildman–Crippen LogP) is 2.78. The molecule has 3 atom stereocenters. The van der Waals surface area contributed by atoms with E-state index in [0.29, 0.717) is 24.6 Å². The van der Waals surface area contributed by atoms with E-state index >= 15 is 0 Å². The number of benzene rings is 1. The Kier molecular flexibility index (Phi) is 4.58. The molecule has 3 aliphatic rings. The van der Waals surface area contributed by atoms with Crippen molar-refractivity contribution in [3.63, 3.8) is 0 Å². The maximum Gasteiger partial charge on any atom is 0.251 e. The Balaban J connectivity index is 1.49. The van der Waals surface area contributed by atoms with Gasteiger partial charge in [-0.15, -0.1) is 0 Å². The molecular formula is C19H26N2O3S. The van der Waals surface area contributed by atoms with Gasteiger partial charge in [0.05, 0.1) is 4.90 Å². The van der Waals surface area contributed by atoms with Gasteiger partial charge in [0.25, 0.3) is 5.91 Å². The van der Waals surface area contributed by atoms with Crippen molar-refractivity contribution in [1.82, 2.24) is 9.62 Å². The maximum absolute atomic E-state index is 12.8. The zero-order valence-electron chi connectivity index (χ0n) is 14.5. The molecule has 1 N–H and O–H groups in total. The van der Waals surface area contributed by atoms with Crippen molar-refractivity contribution < 1.29 is 13.2 Å². The molecule has 136 valence electrons. The molecule has 1 aromatic rings. The van der Waals surface area contributed by atoms with Crippen LogP contribution in [0.3, 0.4) is 0 Å². The SMILES string of the molecule is O=C(N[C@H]1C[C@H]2CC[C@H]1C2)c1cccc(S(=O)(=O)N2CCCCC2)c1. The third-order valence-electron chi connectivity index (χ3n) is 6.10. The van der Waals surface area contributed by atoms with Crippen LogP contribution >= 0.6 is 0 Å². The van der Waals surface area contributed by atoms with E-state index in [0.717, 1.165) is 31.6 Å².